The highest BCUT2D eigenvalue weighted by molar-refractivity contribution is 6.30. The fraction of sp³-hybridized carbons (Fsp3) is 0.500. The first-order valence-electron chi connectivity index (χ1n) is 3.94. The fourth-order valence-corrected chi connectivity index (χ4v) is 1.14. The summed E-state index contributed by atoms with van der Waals surface area (Å²) in [5.74, 6) is 0.354. The molecule has 1 N–H and O–H groups in total. The zero-order valence-corrected chi connectivity index (χ0v) is 8.25. The molecule has 0 saturated carbocycles. The molecule has 0 aliphatic carbocycles. The number of aliphatic hydroxyl groups excluding tert-OH is 1. The molecular weight excluding hydrogens is 192 g/mol. The second kappa shape index (κ2) is 4.39. The van der Waals surface area contributed by atoms with Crippen LogP contribution in [0.4, 0.5) is 0 Å². The number of aromatic nitrogens is 2. The lowest BCUT2D eigenvalue weighted by atomic mass is 10.1. The van der Waals surface area contributed by atoms with Crippen molar-refractivity contribution in [1.29, 1.82) is 0 Å². The maximum absolute atomic E-state index is 9.52. The van der Waals surface area contributed by atoms with Gasteiger partial charge in [0, 0.05) is 11.6 Å². The maximum atomic E-state index is 9.52. The summed E-state index contributed by atoms with van der Waals surface area (Å²) in [5.41, 5.74) is 0.552. The first kappa shape index (κ1) is 10.2. The van der Waals surface area contributed by atoms with Gasteiger partial charge in [0.2, 0.25) is 5.88 Å². The van der Waals surface area contributed by atoms with Gasteiger partial charge in [-0.25, -0.2) is 0 Å². The minimum atomic E-state index is -0.614. The van der Waals surface area contributed by atoms with E-state index in [4.69, 9.17) is 16.3 Å². The Morgan fingerprint density at radius 2 is 2.31 bits per heavy atom. The molecular formula is C8H11ClN2O2. The highest BCUT2D eigenvalue weighted by atomic mass is 35.5. The van der Waals surface area contributed by atoms with Crippen LogP contribution in [-0.2, 0) is 0 Å². The molecule has 0 radical (unpaired) electrons. The largest absolute Gasteiger partial charge is 0.480 e. The Labute approximate surface area is 81.5 Å². The second-order valence-corrected chi connectivity index (χ2v) is 2.91. The number of methoxy groups -OCH3 is 1. The van der Waals surface area contributed by atoms with E-state index in [0.717, 1.165) is 0 Å². The molecule has 0 fully saturated rings. The van der Waals surface area contributed by atoms with Crippen LogP contribution in [0.2, 0.25) is 5.15 Å². The van der Waals surface area contributed by atoms with Crippen molar-refractivity contribution in [2.45, 2.75) is 19.4 Å². The van der Waals surface area contributed by atoms with E-state index in [9.17, 15) is 5.11 Å². The summed E-state index contributed by atoms with van der Waals surface area (Å²) in [6.45, 7) is 1.86. The average molecular weight is 203 g/mol. The van der Waals surface area contributed by atoms with Crippen molar-refractivity contribution < 1.29 is 9.84 Å². The monoisotopic (exact) mass is 202 g/mol. The molecule has 0 saturated heterocycles. The first-order valence-corrected chi connectivity index (χ1v) is 4.32. The van der Waals surface area contributed by atoms with Crippen LogP contribution >= 0.6 is 11.6 Å². The molecule has 0 aliphatic heterocycles. The highest BCUT2D eigenvalue weighted by Gasteiger charge is 2.12. The normalized spacial score (nSPS) is 12.6. The molecule has 0 spiro atoms. The molecule has 0 bridgehead atoms. The summed E-state index contributed by atoms with van der Waals surface area (Å²) in [4.78, 5) is 0. The molecule has 1 aromatic rings. The van der Waals surface area contributed by atoms with Crippen molar-refractivity contribution >= 4 is 11.6 Å². The van der Waals surface area contributed by atoms with Crippen molar-refractivity contribution in [2.24, 2.45) is 0 Å². The number of nitrogens with zero attached hydrogens (tertiary/aromatic N) is 2. The number of rotatable bonds is 3. The van der Waals surface area contributed by atoms with Crippen LogP contribution in [0.3, 0.4) is 0 Å². The topological polar surface area (TPSA) is 55.2 Å². The molecule has 1 unspecified atom stereocenters. The van der Waals surface area contributed by atoms with Gasteiger partial charge in [-0.15, -0.1) is 10.2 Å². The van der Waals surface area contributed by atoms with Crippen molar-refractivity contribution in [1.82, 2.24) is 10.2 Å². The zero-order chi connectivity index (χ0) is 9.84. The molecule has 0 aromatic carbocycles. The molecule has 4 nitrogen and oxygen atoms in total. The van der Waals surface area contributed by atoms with Crippen LogP contribution in [0, 0.1) is 0 Å². The van der Waals surface area contributed by atoms with Gasteiger partial charge in [0.05, 0.1) is 13.2 Å². The molecule has 1 rings (SSSR count). The van der Waals surface area contributed by atoms with Crippen molar-refractivity contribution in [2.75, 3.05) is 7.11 Å². The van der Waals surface area contributed by atoms with Gasteiger partial charge in [0.15, 0.2) is 5.15 Å². The van der Waals surface area contributed by atoms with Crippen LogP contribution in [0.15, 0.2) is 6.07 Å². The lowest BCUT2D eigenvalue weighted by molar-refractivity contribution is 0.172. The summed E-state index contributed by atoms with van der Waals surface area (Å²) in [6, 6.07) is 1.59. The predicted octanol–water partition coefficient (Wildman–Crippen LogP) is 1.58. The van der Waals surface area contributed by atoms with Crippen LogP contribution in [0.1, 0.15) is 25.0 Å². The van der Waals surface area contributed by atoms with Crippen molar-refractivity contribution in [3.63, 3.8) is 0 Å². The van der Waals surface area contributed by atoms with Crippen LogP contribution in [0.5, 0.6) is 5.88 Å². The quantitative estimate of drug-likeness (QED) is 0.809. The zero-order valence-electron chi connectivity index (χ0n) is 7.49. The highest BCUT2D eigenvalue weighted by Crippen LogP contribution is 2.24. The van der Waals surface area contributed by atoms with Crippen molar-refractivity contribution in [3.8, 4) is 5.88 Å². The van der Waals surface area contributed by atoms with E-state index in [1.807, 2.05) is 6.92 Å². The number of halogens is 1. The van der Waals surface area contributed by atoms with Gasteiger partial charge in [0.25, 0.3) is 0 Å². The fourth-order valence-electron chi connectivity index (χ4n) is 0.926. The molecule has 1 aromatic heterocycles. The number of hydrogen-bond acceptors (Lipinski definition) is 4. The third-order valence-corrected chi connectivity index (χ3v) is 2.00. The number of ether oxygens (including phenoxy) is 1. The van der Waals surface area contributed by atoms with E-state index >= 15 is 0 Å². The molecule has 72 valence electrons. The van der Waals surface area contributed by atoms with Gasteiger partial charge in [-0.2, -0.15) is 0 Å². The lowest BCUT2D eigenvalue weighted by Gasteiger charge is -2.09. The van der Waals surface area contributed by atoms with Gasteiger partial charge >= 0.3 is 0 Å². The summed E-state index contributed by atoms with van der Waals surface area (Å²) < 4.78 is 4.86. The molecule has 1 heterocycles. The number of aliphatic hydroxyl groups is 1. The lowest BCUT2D eigenvalue weighted by Crippen LogP contribution is -2.01. The van der Waals surface area contributed by atoms with Gasteiger partial charge in [-0.3, -0.25) is 0 Å². The molecule has 0 aliphatic rings. The predicted molar refractivity (Wildman–Crippen MR) is 48.8 cm³/mol. The Bertz CT molecular complexity index is 293. The smallest absolute Gasteiger partial charge is 0.233 e. The Morgan fingerprint density at radius 3 is 2.85 bits per heavy atom. The summed E-state index contributed by atoms with van der Waals surface area (Å²) in [7, 11) is 1.49. The molecule has 1 atom stereocenters. The van der Waals surface area contributed by atoms with Crippen LogP contribution in [0.25, 0.3) is 0 Å². The van der Waals surface area contributed by atoms with E-state index in [2.05, 4.69) is 10.2 Å². The summed E-state index contributed by atoms with van der Waals surface area (Å²) in [6.07, 6.45) is -0.0360. The summed E-state index contributed by atoms with van der Waals surface area (Å²) in [5, 5.41) is 17.0. The number of hydrogen-bond donors (Lipinski definition) is 1. The van der Waals surface area contributed by atoms with E-state index in [1.165, 1.54) is 7.11 Å². The SMILES string of the molecule is CCC(O)c1cc(OC)nnc1Cl. The van der Waals surface area contributed by atoms with E-state index in [-0.39, 0.29) is 5.15 Å². The average Bonchev–Trinajstić information content (AvgIpc) is 2.17. The van der Waals surface area contributed by atoms with E-state index < -0.39 is 6.10 Å². The third-order valence-electron chi connectivity index (χ3n) is 1.71. The van der Waals surface area contributed by atoms with Gasteiger partial charge in [-0.1, -0.05) is 18.5 Å². The van der Waals surface area contributed by atoms with Gasteiger partial charge < -0.3 is 9.84 Å². The van der Waals surface area contributed by atoms with Crippen LogP contribution < -0.4 is 4.74 Å². The molecule has 13 heavy (non-hydrogen) atoms. The Kier molecular flexibility index (Phi) is 3.45. The maximum Gasteiger partial charge on any atom is 0.233 e. The Morgan fingerprint density at radius 1 is 1.62 bits per heavy atom. The van der Waals surface area contributed by atoms with Crippen LogP contribution in [-0.4, -0.2) is 22.4 Å². The summed E-state index contributed by atoms with van der Waals surface area (Å²) >= 11 is 5.74. The second-order valence-electron chi connectivity index (χ2n) is 2.56. The Balaban J connectivity index is 3.03. The Hall–Kier alpha value is -0.870. The third kappa shape index (κ3) is 2.29. The molecule has 5 heteroatoms. The van der Waals surface area contributed by atoms with E-state index in [0.29, 0.717) is 17.9 Å². The van der Waals surface area contributed by atoms with Gasteiger partial charge in [0.1, 0.15) is 0 Å². The van der Waals surface area contributed by atoms with Crippen molar-refractivity contribution in [3.05, 3.63) is 16.8 Å². The van der Waals surface area contributed by atoms with E-state index in [1.54, 1.807) is 6.07 Å². The standard InChI is InChI=1S/C8H11ClN2O2/c1-3-6(12)5-4-7(13-2)10-11-8(5)9/h4,6,12H,3H2,1-2H3. The minimum Gasteiger partial charge on any atom is -0.480 e. The van der Waals surface area contributed by atoms with Gasteiger partial charge in [-0.05, 0) is 6.42 Å². The minimum absolute atomic E-state index is 0.218. The first-order chi connectivity index (χ1) is 6.19. The molecule has 0 amide bonds.